The number of benzene rings is 2. The van der Waals surface area contributed by atoms with Crippen LogP contribution in [0.15, 0.2) is 53.1 Å². The molecule has 7 nitrogen and oxygen atoms in total. The SMILES string of the molecule is CC[C@@H](C)NC(=O)Cn1nc(-c2nc(-c3cccc(C)c3)no2)c2ccccc21. The Bertz CT molecular complexity index is 1160. The van der Waals surface area contributed by atoms with Crippen molar-refractivity contribution in [2.45, 2.75) is 39.8 Å². The molecule has 2 aromatic heterocycles. The zero-order valence-electron chi connectivity index (χ0n) is 16.7. The fourth-order valence-corrected chi connectivity index (χ4v) is 3.19. The van der Waals surface area contributed by atoms with Gasteiger partial charge in [-0.1, -0.05) is 54.0 Å². The highest BCUT2D eigenvalue weighted by Gasteiger charge is 2.20. The molecule has 148 valence electrons. The Morgan fingerprint density at radius 1 is 1.21 bits per heavy atom. The van der Waals surface area contributed by atoms with E-state index in [-0.39, 0.29) is 18.5 Å². The Morgan fingerprint density at radius 3 is 2.83 bits per heavy atom. The van der Waals surface area contributed by atoms with Crippen LogP contribution in [0.1, 0.15) is 25.8 Å². The summed E-state index contributed by atoms with van der Waals surface area (Å²) in [5.74, 6) is 0.765. The quantitative estimate of drug-likeness (QED) is 0.539. The summed E-state index contributed by atoms with van der Waals surface area (Å²) in [7, 11) is 0. The Hall–Kier alpha value is -3.48. The van der Waals surface area contributed by atoms with Crippen molar-refractivity contribution in [2.75, 3.05) is 0 Å². The van der Waals surface area contributed by atoms with Crippen LogP contribution in [-0.2, 0) is 11.3 Å². The zero-order valence-corrected chi connectivity index (χ0v) is 16.7. The number of nitrogens with zero attached hydrogens (tertiary/aromatic N) is 4. The van der Waals surface area contributed by atoms with Crippen LogP contribution in [0.3, 0.4) is 0 Å². The molecule has 0 bridgehead atoms. The predicted octanol–water partition coefficient (Wildman–Crippen LogP) is 3.98. The highest BCUT2D eigenvalue weighted by atomic mass is 16.5. The lowest BCUT2D eigenvalue weighted by Crippen LogP contribution is -2.34. The van der Waals surface area contributed by atoms with Gasteiger partial charge in [-0.25, -0.2) is 0 Å². The number of para-hydroxylation sites is 1. The van der Waals surface area contributed by atoms with Gasteiger partial charge in [0.25, 0.3) is 5.89 Å². The van der Waals surface area contributed by atoms with E-state index in [1.54, 1.807) is 4.68 Å². The van der Waals surface area contributed by atoms with Crippen molar-refractivity contribution in [3.63, 3.8) is 0 Å². The van der Waals surface area contributed by atoms with Crippen LogP contribution >= 0.6 is 0 Å². The molecule has 0 radical (unpaired) electrons. The van der Waals surface area contributed by atoms with E-state index >= 15 is 0 Å². The van der Waals surface area contributed by atoms with Gasteiger partial charge in [-0.3, -0.25) is 9.48 Å². The lowest BCUT2D eigenvalue weighted by molar-refractivity contribution is -0.122. The third-order valence-electron chi connectivity index (χ3n) is 4.88. The summed E-state index contributed by atoms with van der Waals surface area (Å²) < 4.78 is 7.20. The molecule has 4 aromatic rings. The van der Waals surface area contributed by atoms with E-state index in [0.29, 0.717) is 17.4 Å². The topological polar surface area (TPSA) is 85.8 Å². The summed E-state index contributed by atoms with van der Waals surface area (Å²) in [4.78, 5) is 16.9. The number of carbonyl (C=O) groups is 1. The molecule has 1 atom stereocenters. The van der Waals surface area contributed by atoms with Crippen molar-refractivity contribution in [2.24, 2.45) is 0 Å². The average Bonchev–Trinajstić information content (AvgIpc) is 3.33. The number of rotatable bonds is 6. The highest BCUT2D eigenvalue weighted by molar-refractivity contribution is 5.92. The number of carbonyl (C=O) groups excluding carboxylic acids is 1. The largest absolute Gasteiger partial charge is 0.352 e. The first-order valence-corrected chi connectivity index (χ1v) is 9.71. The van der Waals surface area contributed by atoms with E-state index in [4.69, 9.17) is 4.52 Å². The van der Waals surface area contributed by atoms with Gasteiger partial charge in [-0.15, -0.1) is 0 Å². The van der Waals surface area contributed by atoms with Crippen LogP contribution in [0.2, 0.25) is 0 Å². The summed E-state index contributed by atoms with van der Waals surface area (Å²) in [6.07, 6.45) is 0.876. The maximum atomic E-state index is 12.4. The molecule has 1 amide bonds. The molecule has 2 heterocycles. The van der Waals surface area contributed by atoms with Crippen LogP contribution in [0.25, 0.3) is 33.9 Å². The van der Waals surface area contributed by atoms with Gasteiger partial charge in [0.2, 0.25) is 11.7 Å². The summed E-state index contributed by atoms with van der Waals surface area (Å²) >= 11 is 0. The predicted molar refractivity (Wildman–Crippen MR) is 111 cm³/mol. The molecule has 1 N–H and O–H groups in total. The zero-order chi connectivity index (χ0) is 20.4. The van der Waals surface area contributed by atoms with Crippen molar-refractivity contribution in [1.82, 2.24) is 25.2 Å². The van der Waals surface area contributed by atoms with Gasteiger partial charge in [0.1, 0.15) is 6.54 Å². The molecule has 0 aliphatic carbocycles. The molecule has 29 heavy (non-hydrogen) atoms. The number of aryl methyl sites for hydroxylation is 1. The molecular weight excluding hydrogens is 366 g/mol. The molecule has 4 rings (SSSR count). The Balaban J connectivity index is 1.69. The molecule has 0 saturated carbocycles. The van der Waals surface area contributed by atoms with Crippen molar-refractivity contribution < 1.29 is 9.32 Å². The van der Waals surface area contributed by atoms with Crippen LogP contribution in [-0.4, -0.2) is 31.9 Å². The van der Waals surface area contributed by atoms with Gasteiger partial charge >= 0.3 is 0 Å². The molecule has 0 aliphatic heterocycles. The summed E-state index contributed by atoms with van der Waals surface area (Å²) in [6.45, 7) is 6.16. The van der Waals surface area contributed by atoms with Crippen molar-refractivity contribution in [3.8, 4) is 23.0 Å². The van der Waals surface area contributed by atoms with E-state index < -0.39 is 0 Å². The van der Waals surface area contributed by atoms with Gasteiger partial charge in [-0.05, 0) is 32.4 Å². The number of nitrogens with one attached hydrogen (secondary N) is 1. The van der Waals surface area contributed by atoms with E-state index in [1.165, 1.54) is 0 Å². The minimum Gasteiger partial charge on any atom is -0.352 e. The first-order valence-electron chi connectivity index (χ1n) is 9.71. The first kappa shape index (κ1) is 18.9. The normalized spacial score (nSPS) is 12.2. The van der Waals surface area contributed by atoms with E-state index in [2.05, 4.69) is 20.6 Å². The maximum Gasteiger partial charge on any atom is 0.279 e. The lowest BCUT2D eigenvalue weighted by atomic mass is 10.1. The number of aromatic nitrogens is 4. The highest BCUT2D eigenvalue weighted by Crippen LogP contribution is 2.28. The fourth-order valence-electron chi connectivity index (χ4n) is 3.19. The van der Waals surface area contributed by atoms with E-state index in [1.807, 2.05) is 69.3 Å². The summed E-state index contributed by atoms with van der Waals surface area (Å²) in [5.41, 5.74) is 3.42. The number of amides is 1. The Morgan fingerprint density at radius 2 is 2.03 bits per heavy atom. The molecule has 0 fully saturated rings. The van der Waals surface area contributed by atoms with Crippen molar-refractivity contribution >= 4 is 16.8 Å². The Kier molecular flexibility index (Phi) is 5.12. The Labute approximate surface area is 168 Å². The van der Waals surface area contributed by atoms with Crippen LogP contribution in [0, 0.1) is 6.92 Å². The van der Waals surface area contributed by atoms with Gasteiger partial charge in [-0.2, -0.15) is 10.1 Å². The monoisotopic (exact) mass is 389 g/mol. The van der Waals surface area contributed by atoms with Gasteiger partial charge in [0, 0.05) is 17.0 Å². The molecule has 2 aromatic carbocycles. The van der Waals surface area contributed by atoms with Crippen molar-refractivity contribution in [3.05, 3.63) is 54.1 Å². The summed E-state index contributed by atoms with van der Waals surface area (Å²) in [6, 6.07) is 15.8. The minimum atomic E-state index is -0.0786. The van der Waals surface area contributed by atoms with Crippen LogP contribution in [0.4, 0.5) is 0 Å². The molecular formula is C22H23N5O2. The molecule has 0 spiro atoms. The average molecular weight is 389 g/mol. The van der Waals surface area contributed by atoms with E-state index in [9.17, 15) is 4.79 Å². The number of fused-ring (bicyclic) bond motifs is 1. The van der Waals surface area contributed by atoms with E-state index in [0.717, 1.165) is 28.5 Å². The minimum absolute atomic E-state index is 0.0786. The molecule has 7 heteroatoms. The standard InChI is InChI=1S/C22H23N5O2/c1-4-15(3)23-19(28)13-27-18-11-6-5-10-17(18)20(25-27)22-24-21(26-29-22)16-9-7-8-14(2)12-16/h5-12,15H,4,13H2,1-3H3,(H,23,28)/t15-/m1/s1. The lowest BCUT2D eigenvalue weighted by Gasteiger charge is -2.11. The maximum absolute atomic E-state index is 12.4. The van der Waals surface area contributed by atoms with Gasteiger partial charge in [0.15, 0.2) is 5.69 Å². The third-order valence-corrected chi connectivity index (χ3v) is 4.88. The van der Waals surface area contributed by atoms with Crippen molar-refractivity contribution in [1.29, 1.82) is 0 Å². The van der Waals surface area contributed by atoms with Crippen LogP contribution < -0.4 is 5.32 Å². The fraction of sp³-hybridized carbons (Fsp3) is 0.273. The first-order chi connectivity index (χ1) is 14.0. The second-order valence-corrected chi connectivity index (χ2v) is 7.19. The second kappa shape index (κ2) is 7.87. The van der Waals surface area contributed by atoms with Gasteiger partial charge in [0.05, 0.1) is 5.52 Å². The third kappa shape index (κ3) is 3.89. The second-order valence-electron chi connectivity index (χ2n) is 7.19. The molecule has 0 aliphatic rings. The number of hydrogen-bond donors (Lipinski definition) is 1. The number of hydrogen-bond acceptors (Lipinski definition) is 5. The molecule has 0 unspecified atom stereocenters. The summed E-state index contributed by atoms with van der Waals surface area (Å²) in [5, 5.41) is 12.6. The van der Waals surface area contributed by atoms with Crippen LogP contribution in [0.5, 0.6) is 0 Å². The van der Waals surface area contributed by atoms with Gasteiger partial charge < -0.3 is 9.84 Å². The molecule has 0 saturated heterocycles. The smallest absolute Gasteiger partial charge is 0.279 e.